The minimum atomic E-state index is -0.186. The minimum absolute atomic E-state index is 0.00243. The Balaban J connectivity index is 1.54. The number of nitrogens with two attached hydrogens (primary N) is 1. The topological polar surface area (TPSA) is 87.5 Å². The lowest BCUT2D eigenvalue weighted by molar-refractivity contribution is -0.123. The maximum Gasteiger partial charge on any atom is 0.315 e. The standard InChI is InChI=1S/C15H28N4O2/c16-14(20)12-5-3-9-19(11-12)10-4-8-17-15(21)18-13-6-1-2-7-13/h12-13H,1-11H2,(H2,16,20)(H2,17,18,21). The predicted molar refractivity (Wildman–Crippen MR) is 81.8 cm³/mol. The van der Waals surface area contributed by atoms with Crippen molar-refractivity contribution in [1.29, 1.82) is 0 Å². The Morgan fingerprint density at radius 1 is 1.14 bits per heavy atom. The van der Waals surface area contributed by atoms with Gasteiger partial charge in [-0.1, -0.05) is 12.8 Å². The molecule has 0 aromatic heterocycles. The smallest absolute Gasteiger partial charge is 0.315 e. The summed E-state index contributed by atoms with van der Waals surface area (Å²) < 4.78 is 0. The molecule has 1 saturated carbocycles. The Labute approximate surface area is 126 Å². The van der Waals surface area contributed by atoms with Crippen molar-refractivity contribution in [1.82, 2.24) is 15.5 Å². The number of amides is 3. The summed E-state index contributed by atoms with van der Waals surface area (Å²) in [6.07, 6.45) is 7.51. The van der Waals surface area contributed by atoms with E-state index in [1.165, 1.54) is 12.8 Å². The molecule has 2 aliphatic rings. The van der Waals surface area contributed by atoms with E-state index in [0.29, 0.717) is 12.6 Å². The van der Waals surface area contributed by atoms with Gasteiger partial charge < -0.3 is 21.3 Å². The lowest BCUT2D eigenvalue weighted by atomic mass is 9.97. The SMILES string of the molecule is NC(=O)C1CCCN(CCCNC(=O)NC2CCCC2)C1. The fraction of sp³-hybridized carbons (Fsp3) is 0.867. The first-order valence-electron chi connectivity index (χ1n) is 8.21. The zero-order chi connectivity index (χ0) is 15.1. The van der Waals surface area contributed by atoms with Gasteiger partial charge in [-0.3, -0.25) is 4.79 Å². The summed E-state index contributed by atoms with van der Waals surface area (Å²) in [5, 5.41) is 5.93. The number of primary amides is 1. The molecule has 1 saturated heterocycles. The maximum atomic E-state index is 11.7. The first-order chi connectivity index (χ1) is 10.1. The quantitative estimate of drug-likeness (QED) is 0.634. The Hall–Kier alpha value is -1.30. The molecule has 3 amide bonds. The van der Waals surface area contributed by atoms with Crippen molar-refractivity contribution in [2.45, 2.75) is 51.0 Å². The van der Waals surface area contributed by atoms with Crippen molar-refractivity contribution in [3.05, 3.63) is 0 Å². The van der Waals surface area contributed by atoms with Crippen LogP contribution in [0.3, 0.4) is 0 Å². The van der Waals surface area contributed by atoms with Gasteiger partial charge >= 0.3 is 6.03 Å². The zero-order valence-electron chi connectivity index (χ0n) is 12.8. The van der Waals surface area contributed by atoms with Gasteiger partial charge in [-0.05, 0) is 45.2 Å². The molecule has 6 nitrogen and oxygen atoms in total. The molecule has 1 unspecified atom stereocenters. The third kappa shape index (κ3) is 5.53. The molecular formula is C15H28N4O2. The molecule has 21 heavy (non-hydrogen) atoms. The van der Waals surface area contributed by atoms with E-state index in [2.05, 4.69) is 15.5 Å². The molecule has 0 radical (unpaired) electrons. The van der Waals surface area contributed by atoms with E-state index in [4.69, 9.17) is 5.73 Å². The number of nitrogens with one attached hydrogen (secondary N) is 2. The molecular weight excluding hydrogens is 268 g/mol. The molecule has 0 spiro atoms. The van der Waals surface area contributed by atoms with Crippen LogP contribution in [0.2, 0.25) is 0 Å². The van der Waals surface area contributed by atoms with Crippen LogP contribution < -0.4 is 16.4 Å². The molecule has 2 fully saturated rings. The average Bonchev–Trinajstić information content (AvgIpc) is 2.97. The van der Waals surface area contributed by atoms with Crippen molar-refractivity contribution < 1.29 is 9.59 Å². The highest BCUT2D eigenvalue weighted by Crippen LogP contribution is 2.17. The number of piperidine rings is 1. The second-order valence-electron chi connectivity index (χ2n) is 6.28. The molecule has 0 aromatic carbocycles. The van der Waals surface area contributed by atoms with E-state index in [0.717, 1.165) is 51.7 Å². The van der Waals surface area contributed by atoms with Crippen LogP contribution in [0.4, 0.5) is 4.79 Å². The summed E-state index contributed by atoms with van der Waals surface area (Å²) in [6.45, 7) is 3.38. The number of carbonyl (C=O) groups excluding carboxylic acids is 2. The van der Waals surface area contributed by atoms with E-state index in [9.17, 15) is 9.59 Å². The number of hydrogen-bond acceptors (Lipinski definition) is 3. The molecule has 0 aromatic rings. The lowest BCUT2D eigenvalue weighted by Crippen LogP contribution is -2.43. The van der Waals surface area contributed by atoms with Gasteiger partial charge in [0, 0.05) is 19.1 Å². The molecule has 6 heteroatoms. The highest BCUT2D eigenvalue weighted by molar-refractivity contribution is 5.77. The second kappa shape index (κ2) is 8.22. The molecule has 1 aliphatic heterocycles. The Bertz CT molecular complexity index is 356. The molecule has 4 N–H and O–H groups in total. The maximum absolute atomic E-state index is 11.7. The van der Waals surface area contributed by atoms with Gasteiger partial charge in [0.15, 0.2) is 0 Å². The Morgan fingerprint density at radius 2 is 1.90 bits per heavy atom. The van der Waals surface area contributed by atoms with Crippen LogP contribution in [0.5, 0.6) is 0 Å². The summed E-state index contributed by atoms with van der Waals surface area (Å²) in [4.78, 5) is 25.2. The summed E-state index contributed by atoms with van der Waals surface area (Å²) in [5.74, 6) is -0.189. The predicted octanol–water partition coefficient (Wildman–Crippen LogP) is 0.816. The van der Waals surface area contributed by atoms with Gasteiger partial charge in [0.2, 0.25) is 5.91 Å². The highest BCUT2D eigenvalue weighted by atomic mass is 16.2. The summed E-state index contributed by atoms with van der Waals surface area (Å²) in [7, 11) is 0. The van der Waals surface area contributed by atoms with Gasteiger partial charge in [0.1, 0.15) is 0 Å². The second-order valence-corrected chi connectivity index (χ2v) is 6.28. The van der Waals surface area contributed by atoms with E-state index < -0.39 is 0 Å². The van der Waals surface area contributed by atoms with E-state index in [1.54, 1.807) is 0 Å². The molecule has 120 valence electrons. The monoisotopic (exact) mass is 296 g/mol. The third-order valence-electron chi connectivity index (χ3n) is 4.53. The van der Waals surface area contributed by atoms with Crippen molar-refractivity contribution >= 4 is 11.9 Å². The van der Waals surface area contributed by atoms with Gasteiger partial charge in [-0.2, -0.15) is 0 Å². The van der Waals surface area contributed by atoms with Crippen molar-refractivity contribution in [2.24, 2.45) is 11.7 Å². The molecule has 1 aliphatic carbocycles. The molecule has 0 bridgehead atoms. The van der Waals surface area contributed by atoms with Crippen molar-refractivity contribution in [3.8, 4) is 0 Å². The van der Waals surface area contributed by atoms with Crippen LogP contribution in [0.1, 0.15) is 44.9 Å². The molecule has 2 rings (SSSR count). The number of hydrogen-bond donors (Lipinski definition) is 3. The number of likely N-dealkylation sites (tertiary alicyclic amines) is 1. The summed E-state index contributed by atoms with van der Waals surface area (Å²) in [6, 6.07) is 0.318. The van der Waals surface area contributed by atoms with E-state index in [1.807, 2.05) is 0 Å². The van der Waals surface area contributed by atoms with Crippen LogP contribution >= 0.6 is 0 Å². The normalized spacial score (nSPS) is 23.9. The first kappa shape index (κ1) is 16.1. The Morgan fingerprint density at radius 3 is 2.62 bits per heavy atom. The van der Waals surface area contributed by atoms with Crippen LogP contribution in [0, 0.1) is 5.92 Å². The highest BCUT2D eigenvalue weighted by Gasteiger charge is 2.23. The fourth-order valence-corrected chi connectivity index (χ4v) is 3.30. The van der Waals surface area contributed by atoms with Crippen LogP contribution in [0.25, 0.3) is 0 Å². The number of urea groups is 1. The van der Waals surface area contributed by atoms with Gasteiger partial charge in [-0.25, -0.2) is 4.79 Å². The molecule has 1 heterocycles. The third-order valence-corrected chi connectivity index (χ3v) is 4.53. The van der Waals surface area contributed by atoms with Crippen molar-refractivity contribution in [2.75, 3.05) is 26.2 Å². The minimum Gasteiger partial charge on any atom is -0.369 e. The molecule has 1 atom stereocenters. The number of nitrogens with zero attached hydrogens (tertiary/aromatic N) is 1. The van der Waals surface area contributed by atoms with Crippen molar-refractivity contribution in [3.63, 3.8) is 0 Å². The average molecular weight is 296 g/mol. The van der Waals surface area contributed by atoms with Crippen LogP contribution in [0.15, 0.2) is 0 Å². The summed E-state index contributed by atoms with van der Waals surface area (Å²) in [5.41, 5.74) is 5.37. The van der Waals surface area contributed by atoms with Gasteiger partial charge in [-0.15, -0.1) is 0 Å². The fourth-order valence-electron chi connectivity index (χ4n) is 3.30. The summed E-state index contributed by atoms with van der Waals surface area (Å²) >= 11 is 0. The van der Waals surface area contributed by atoms with Gasteiger partial charge in [0.25, 0.3) is 0 Å². The number of rotatable bonds is 6. The Kier molecular flexibility index (Phi) is 6.29. The van der Waals surface area contributed by atoms with Crippen LogP contribution in [-0.2, 0) is 4.79 Å². The largest absolute Gasteiger partial charge is 0.369 e. The zero-order valence-corrected chi connectivity index (χ0v) is 12.8. The van der Waals surface area contributed by atoms with E-state index in [-0.39, 0.29) is 17.9 Å². The van der Waals surface area contributed by atoms with Gasteiger partial charge in [0.05, 0.1) is 5.92 Å². The number of carbonyl (C=O) groups is 2. The lowest BCUT2D eigenvalue weighted by Gasteiger charge is -2.31. The first-order valence-corrected chi connectivity index (χ1v) is 8.21. The van der Waals surface area contributed by atoms with E-state index >= 15 is 0 Å². The van der Waals surface area contributed by atoms with Crippen LogP contribution in [-0.4, -0.2) is 49.1 Å².